The minimum atomic E-state index is -0.171. The number of anilines is 1. The van der Waals surface area contributed by atoms with E-state index >= 15 is 0 Å². The van der Waals surface area contributed by atoms with Crippen molar-refractivity contribution in [2.45, 2.75) is 44.8 Å². The molecule has 0 aromatic carbocycles. The highest BCUT2D eigenvalue weighted by molar-refractivity contribution is 7.99. The Balaban J connectivity index is 2.58. The minimum absolute atomic E-state index is 0.171. The fraction of sp³-hybridized carbons (Fsp3) is 0.727. The van der Waals surface area contributed by atoms with Gasteiger partial charge in [-0.15, -0.1) is 0 Å². The van der Waals surface area contributed by atoms with Crippen LogP contribution in [0.1, 0.15) is 33.0 Å². The summed E-state index contributed by atoms with van der Waals surface area (Å²) in [6.45, 7) is 8.73. The molecule has 0 spiro atoms. The largest absolute Gasteiger partial charge is 0.354 e. The van der Waals surface area contributed by atoms with E-state index in [1.165, 1.54) is 0 Å². The predicted molar refractivity (Wildman–Crippen MR) is 72.3 cm³/mol. The van der Waals surface area contributed by atoms with E-state index in [2.05, 4.69) is 27.2 Å². The first-order valence-corrected chi connectivity index (χ1v) is 6.77. The van der Waals surface area contributed by atoms with Gasteiger partial charge in [-0.1, -0.05) is 18.7 Å². The summed E-state index contributed by atoms with van der Waals surface area (Å²) >= 11 is 1.62. The Kier molecular flexibility index (Phi) is 5.14. The molecule has 0 aliphatic heterocycles. The molecule has 0 saturated carbocycles. The molecule has 1 aromatic rings. The van der Waals surface area contributed by atoms with Crippen molar-refractivity contribution < 1.29 is 0 Å². The van der Waals surface area contributed by atoms with Gasteiger partial charge in [-0.05, 0) is 32.9 Å². The van der Waals surface area contributed by atoms with Crippen molar-refractivity contribution in [3.05, 3.63) is 5.82 Å². The lowest BCUT2D eigenvalue weighted by molar-refractivity contribution is 0.490. The standard InChI is InChI=1S/C11H21N5S/c1-5-17-10-15-8(2)14-9(16-10)13-7-6-11(3,4)12/h5-7,12H2,1-4H3,(H,13,14,15,16). The van der Waals surface area contributed by atoms with Gasteiger partial charge in [-0.25, -0.2) is 4.98 Å². The molecule has 0 radical (unpaired) electrons. The average molecular weight is 255 g/mol. The first-order valence-electron chi connectivity index (χ1n) is 5.79. The van der Waals surface area contributed by atoms with Crippen LogP contribution in [-0.2, 0) is 0 Å². The van der Waals surface area contributed by atoms with Gasteiger partial charge in [-0.3, -0.25) is 0 Å². The molecule has 0 saturated heterocycles. The number of aryl methyl sites for hydroxylation is 1. The summed E-state index contributed by atoms with van der Waals surface area (Å²) in [5, 5.41) is 3.96. The molecule has 0 fully saturated rings. The van der Waals surface area contributed by atoms with Gasteiger partial charge in [0.1, 0.15) is 5.82 Å². The van der Waals surface area contributed by atoms with Crippen LogP contribution in [0.25, 0.3) is 0 Å². The Labute approximate surface area is 107 Å². The van der Waals surface area contributed by atoms with Crippen molar-refractivity contribution in [3.8, 4) is 0 Å². The van der Waals surface area contributed by atoms with Crippen molar-refractivity contribution in [2.75, 3.05) is 17.6 Å². The van der Waals surface area contributed by atoms with Crippen LogP contribution in [0.2, 0.25) is 0 Å². The summed E-state index contributed by atoms with van der Waals surface area (Å²) in [6, 6.07) is 0. The second-order valence-electron chi connectivity index (χ2n) is 4.59. The monoisotopic (exact) mass is 255 g/mol. The van der Waals surface area contributed by atoms with E-state index in [0.29, 0.717) is 5.95 Å². The Bertz CT molecular complexity index is 361. The number of nitrogens with zero attached hydrogens (tertiary/aromatic N) is 3. The first kappa shape index (κ1) is 14.2. The first-order chi connectivity index (χ1) is 7.90. The smallest absolute Gasteiger partial charge is 0.226 e. The van der Waals surface area contributed by atoms with Gasteiger partial charge in [0.2, 0.25) is 5.95 Å². The third-order valence-electron chi connectivity index (χ3n) is 2.05. The molecule has 5 nitrogen and oxygen atoms in total. The van der Waals surface area contributed by atoms with Gasteiger partial charge in [0.15, 0.2) is 5.16 Å². The molecule has 0 aliphatic rings. The van der Waals surface area contributed by atoms with Gasteiger partial charge in [0.05, 0.1) is 0 Å². The number of hydrogen-bond donors (Lipinski definition) is 2. The molecular weight excluding hydrogens is 234 g/mol. The zero-order valence-corrected chi connectivity index (χ0v) is 11.8. The van der Waals surface area contributed by atoms with E-state index in [9.17, 15) is 0 Å². The van der Waals surface area contributed by atoms with Crippen LogP contribution in [0.4, 0.5) is 5.95 Å². The Morgan fingerprint density at radius 1 is 1.29 bits per heavy atom. The van der Waals surface area contributed by atoms with Crippen LogP contribution >= 0.6 is 11.8 Å². The highest BCUT2D eigenvalue weighted by Gasteiger charge is 2.10. The summed E-state index contributed by atoms with van der Waals surface area (Å²) in [4.78, 5) is 12.8. The van der Waals surface area contributed by atoms with E-state index in [4.69, 9.17) is 5.73 Å². The van der Waals surface area contributed by atoms with Crippen LogP contribution in [-0.4, -0.2) is 32.8 Å². The van der Waals surface area contributed by atoms with Crippen molar-refractivity contribution in [2.24, 2.45) is 5.73 Å². The number of thioether (sulfide) groups is 1. The van der Waals surface area contributed by atoms with E-state index in [0.717, 1.165) is 29.7 Å². The molecule has 0 bridgehead atoms. The van der Waals surface area contributed by atoms with Crippen molar-refractivity contribution in [1.29, 1.82) is 0 Å². The van der Waals surface area contributed by atoms with Gasteiger partial charge < -0.3 is 11.1 Å². The fourth-order valence-electron chi connectivity index (χ4n) is 1.23. The average Bonchev–Trinajstić information content (AvgIpc) is 2.15. The van der Waals surface area contributed by atoms with Crippen molar-refractivity contribution in [3.63, 3.8) is 0 Å². The highest BCUT2D eigenvalue weighted by Crippen LogP contribution is 2.14. The number of rotatable bonds is 6. The van der Waals surface area contributed by atoms with E-state index in [1.54, 1.807) is 11.8 Å². The maximum atomic E-state index is 5.91. The molecule has 17 heavy (non-hydrogen) atoms. The Morgan fingerprint density at radius 2 is 2.00 bits per heavy atom. The number of nitrogens with two attached hydrogens (primary N) is 1. The molecule has 1 rings (SSSR count). The van der Waals surface area contributed by atoms with E-state index in [-0.39, 0.29) is 5.54 Å². The number of aromatic nitrogens is 3. The Hall–Kier alpha value is -0.880. The molecule has 0 atom stereocenters. The summed E-state index contributed by atoms with van der Waals surface area (Å²) < 4.78 is 0. The van der Waals surface area contributed by atoms with Crippen LogP contribution in [0.5, 0.6) is 0 Å². The van der Waals surface area contributed by atoms with Crippen LogP contribution in [0.15, 0.2) is 5.16 Å². The van der Waals surface area contributed by atoms with Crippen molar-refractivity contribution in [1.82, 2.24) is 15.0 Å². The van der Waals surface area contributed by atoms with Gasteiger partial charge in [0, 0.05) is 12.1 Å². The zero-order valence-electron chi connectivity index (χ0n) is 10.9. The lowest BCUT2D eigenvalue weighted by atomic mass is 10.0. The minimum Gasteiger partial charge on any atom is -0.354 e. The molecule has 3 N–H and O–H groups in total. The molecule has 6 heteroatoms. The molecule has 1 heterocycles. The quantitative estimate of drug-likeness (QED) is 0.755. The normalized spacial score (nSPS) is 11.6. The highest BCUT2D eigenvalue weighted by atomic mass is 32.2. The predicted octanol–water partition coefficient (Wildman–Crippen LogP) is 1.83. The van der Waals surface area contributed by atoms with E-state index in [1.807, 2.05) is 20.8 Å². The molecule has 1 aromatic heterocycles. The SMILES string of the molecule is CCSc1nc(C)nc(NCCC(C)(C)N)n1. The molecule has 96 valence electrons. The summed E-state index contributed by atoms with van der Waals surface area (Å²) in [7, 11) is 0. The topological polar surface area (TPSA) is 76.7 Å². The molecular formula is C11H21N5S. The van der Waals surface area contributed by atoms with Crippen LogP contribution in [0, 0.1) is 6.92 Å². The number of hydrogen-bond acceptors (Lipinski definition) is 6. The molecule has 0 aliphatic carbocycles. The second kappa shape index (κ2) is 6.16. The zero-order chi connectivity index (χ0) is 12.9. The molecule has 0 amide bonds. The third-order valence-corrected chi connectivity index (χ3v) is 2.78. The van der Waals surface area contributed by atoms with Crippen LogP contribution in [0.3, 0.4) is 0 Å². The van der Waals surface area contributed by atoms with Crippen molar-refractivity contribution >= 4 is 17.7 Å². The van der Waals surface area contributed by atoms with Gasteiger partial charge in [-0.2, -0.15) is 9.97 Å². The summed E-state index contributed by atoms with van der Waals surface area (Å²) in [5.74, 6) is 2.33. The lowest BCUT2D eigenvalue weighted by Gasteiger charge is -2.18. The summed E-state index contributed by atoms with van der Waals surface area (Å²) in [6.07, 6.45) is 0.869. The Morgan fingerprint density at radius 3 is 2.59 bits per heavy atom. The number of nitrogens with one attached hydrogen (secondary N) is 1. The second-order valence-corrected chi connectivity index (χ2v) is 5.82. The molecule has 0 unspecified atom stereocenters. The third kappa shape index (κ3) is 5.83. The van der Waals surface area contributed by atoms with E-state index < -0.39 is 0 Å². The van der Waals surface area contributed by atoms with Crippen LogP contribution < -0.4 is 11.1 Å². The van der Waals surface area contributed by atoms with Gasteiger partial charge >= 0.3 is 0 Å². The lowest BCUT2D eigenvalue weighted by Crippen LogP contribution is -2.34. The maximum absolute atomic E-state index is 5.91. The summed E-state index contributed by atoms with van der Waals surface area (Å²) in [5.41, 5.74) is 5.74. The van der Waals surface area contributed by atoms with Gasteiger partial charge in [0.25, 0.3) is 0 Å². The fourth-order valence-corrected chi connectivity index (χ4v) is 1.83. The maximum Gasteiger partial charge on any atom is 0.226 e.